The highest BCUT2D eigenvalue weighted by Gasteiger charge is 2.24. The molecule has 0 bridgehead atoms. The van der Waals surface area contributed by atoms with E-state index in [4.69, 9.17) is 9.47 Å². The molecule has 1 heterocycles. The maximum absolute atomic E-state index is 12.3. The van der Waals surface area contributed by atoms with Gasteiger partial charge in [0.25, 0.3) is 0 Å². The van der Waals surface area contributed by atoms with Gasteiger partial charge in [0.15, 0.2) is 0 Å². The molecule has 4 nitrogen and oxygen atoms in total. The summed E-state index contributed by atoms with van der Waals surface area (Å²) in [6, 6.07) is 15.4. The Morgan fingerprint density at radius 2 is 2.05 bits per heavy atom. The molecule has 0 atom stereocenters. The second-order valence-corrected chi connectivity index (χ2v) is 5.90. The van der Waals surface area contributed by atoms with Crippen molar-refractivity contribution in [1.29, 1.82) is 0 Å². The Hall–Kier alpha value is -1.76. The van der Waals surface area contributed by atoms with E-state index in [1.54, 1.807) is 4.90 Å². The molecule has 2 aromatic carbocycles. The lowest BCUT2D eigenvalue weighted by atomic mass is 10.2. The highest BCUT2D eigenvalue weighted by Crippen LogP contribution is 2.33. The molecule has 1 amide bonds. The average molecular weight is 395 g/mol. The number of anilines is 1. The van der Waals surface area contributed by atoms with Gasteiger partial charge < -0.3 is 9.47 Å². The Bertz CT molecular complexity index is 645. The van der Waals surface area contributed by atoms with Crippen molar-refractivity contribution in [2.45, 2.75) is 6.61 Å². The van der Waals surface area contributed by atoms with Gasteiger partial charge in [0.1, 0.15) is 19.0 Å². The fourth-order valence-electron chi connectivity index (χ4n) is 2.18. The van der Waals surface area contributed by atoms with Gasteiger partial charge in [0.05, 0.1) is 12.2 Å². The predicted octanol–water partition coefficient (Wildman–Crippen LogP) is 3.83. The minimum Gasteiger partial charge on any atom is -0.489 e. The largest absolute Gasteiger partial charge is 0.489 e. The van der Waals surface area contributed by atoms with Crippen molar-refractivity contribution in [3.05, 3.63) is 57.7 Å². The molecule has 0 radical (unpaired) electrons. The molecule has 3 rings (SSSR count). The summed E-state index contributed by atoms with van der Waals surface area (Å²) >= 11 is 2.22. The maximum atomic E-state index is 12.3. The second-order valence-electron chi connectivity index (χ2n) is 4.65. The van der Waals surface area contributed by atoms with Crippen LogP contribution in [0.15, 0.2) is 48.5 Å². The van der Waals surface area contributed by atoms with E-state index in [0.717, 1.165) is 20.6 Å². The molecule has 5 heteroatoms. The Morgan fingerprint density at radius 1 is 1.24 bits per heavy atom. The van der Waals surface area contributed by atoms with Crippen LogP contribution in [0.4, 0.5) is 10.5 Å². The molecule has 0 unspecified atom stereocenters. The summed E-state index contributed by atoms with van der Waals surface area (Å²) in [5.41, 5.74) is 1.74. The highest BCUT2D eigenvalue weighted by atomic mass is 127. The van der Waals surface area contributed by atoms with Gasteiger partial charge in [0.2, 0.25) is 0 Å². The van der Waals surface area contributed by atoms with E-state index in [0.29, 0.717) is 13.2 Å². The summed E-state index contributed by atoms with van der Waals surface area (Å²) in [4.78, 5) is 13.9. The van der Waals surface area contributed by atoms with Crippen molar-refractivity contribution in [3.63, 3.8) is 0 Å². The molecule has 0 aromatic heterocycles. The van der Waals surface area contributed by atoms with Gasteiger partial charge in [-0.3, -0.25) is 4.90 Å². The fraction of sp³-hybridized carbons (Fsp3) is 0.188. The zero-order valence-electron chi connectivity index (χ0n) is 11.3. The Morgan fingerprint density at radius 3 is 2.86 bits per heavy atom. The summed E-state index contributed by atoms with van der Waals surface area (Å²) in [6.07, 6.45) is -0.343. The quantitative estimate of drug-likeness (QED) is 0.726. The topological polar surface area (TPSA) is 38.8 Å². The van der Waals surface area contributed by atoms with E-state index in [9.17, 15) is 4.79 Å². The molecule has 1 aliphatic rings. The first kappa shape index (κ1) is 14.2. The van der Waals surface area contributed by atoms with Crippen LogP contribution in [0.25, 0.3) is 0 Å². The highest BCUT2D eigenvalue weighted by molar-refractivity contribution is 14.1. The number of halogens is 1. The minimum absolute atomic E-state index is 0.275. The van der Waals surface area contributed by atoms with Gasteiger partial charge in [-0.25, -0.2) is 4.79 Å². The number of benzene rings is 2. The van der Waals surface area contributed by atoms with Crippen LogP contribution >= 0.6 is 22.6 Å². The number of fused-ring (bicyclic) bond motifs is 1. The molecule has 1 aliphatic heterocycles. The normalized spacial score (nSPS) is 13.3. The molecule has 0 spiro atoms. The number of ether oxygens (including phenoxy) is 2. The van der Waals surface area contributed by atoms with Gasteiger partial charge in [-0.05, 0) is 46.4 Å². The van der Waals surface area contributed by atoms with Gasteiger partial charge in [-0.15, -0.1) is 0 Å². The zero-order valence-corrected chi connectivity index (χ0v) is 13.4. The van der Waals surface area contributed by atoms with E-state index >= 15 is 0 Å². The molecule has 21 heavy (non-hydrogen) atoms. The van der Waals surface area contributed by atoms with Crippen LogP contribution in [0.2, 0.25) is 0 Å². The Kier molecular flexibility index (Phi) is 4.28. The van der Waals surface area contributed by atoms with Crippen LogP contribution in [-0.2, 0) is 11.3 Å². The van der Waals surface area contributed by atoms with E-state index in [1.807, 2.05) is 48.5 Å². The lowest BCUT2D eigenvalue weighted by Gasteiger charge is -2.28. The third-order valence-corrected chi connectivity index (χ3v) is 3.88. The van der Waals surface area contributed by atoms with Crippen LogP contribution in [-0.4, -0.2) is 19.2 Å². The van der Waals surface area contributed by atoms with Crippen molar-refractivity contribution in [2.75, 3.05) is 18.1 Å². The third-order valence-electron chi connectivity index (χ3n) is 3.21. The maximum Gasteiger partial charge on any atom is 0.414 e. The average Bonchev–Trinajstić information content (AvgIpc) is 2.52. The van der Waals surface area contributed by atoms with Crippen LogP contribution < -0.4 is 9.64 Å². The second kappa shape index (κ2) is 6.34. The first-order valence-electron chi connectivity index (χ1n) is 6.64. The number of carbonyl (C=O) groups excluding carboxylic acids is 1. The first-order chi connectivity index (χ1) is 10.2. The summed E-state index contributed by atoms with van der Waals surface area (Å²) in [6.45, 7) is 1.26. The summed E-state index contributed by atoms with van der Waals surface area (Å²) in [5.74, 6) is 0.727. The zero-order chi connectivity index (χ0) is 14.7. The van der Waals surface area contributed by atoms with Crippen LogP contribution in [0.5, 0.6) is 5.75 Å². The number of amides is 1. The number of rotatable bonds is 2. The molecule has 0 saturated carbocycles. The third kappa shape index (κ3) is 3.29. The van der Waals surface area contributed by atoms with Crippen molar-refractivity contribution in [3.8, 4) is 5.75 Å². The number of carbonyl (C=O) groups is 1. The Labute approximate surface area is 136 Å². The molecular weight excluding hydrogens is 381 g/mol. The number of nitrogens with zero attached hydrogens (tertiary/aromatic N) is 1. The summed E-state index contributed by atoms with van der Waals surface area (Å²) in [5, 5.41) is 0. The van der Waals surface area contributed by atoms with Gasteiger partial charge in [0, 0.05) is 3.57 Å². The Balaban J connectivity index is 1.71. The van der Waals surface area contributed by atoms with E-state index in [2.05, 4.69) is 22.6 Å². The van der Waals surface area contributed by atoms with Crippen LogP contribution in [0.3, 0.4) is 0 Å². The van der Waals surface area contributed by atoms with Gasteiger partial charge in [-0.1, -0.05) is 30.3 Å². The standard InChI is InChI=1S/C16H14INO3/c17-13-6-7-14-15(10-13)20-9-8-18(14)16(19)21-11-12-4-2-1-3-5-12/h1-7,10H,8-9,11H2. The molecule has 108 valence electrons. The molecule has 0 fully saturated rings. The lowest BCUT2D eigenvalue weighted by molar-refractivity contribution is 0.144. The van der Waals surface area contributed by atoms with Crippen molar-refractivity contribution < 1.29 is 14.3 Å². The molecular formula is C16H14INO3. The van der Waals surface area contributed by atoms with E-state index < -0.39 is 0 Å². The van der Waals surface area contributed by atoms with Crippen molar-refractivity contribution in [2.24, 2.45) is 0 Å². The number of hydrogen-bond acceptors (Lipinski definition) is 3. The fourth-order valence-corrected chi connectivity index (χ4v) is 2.64. The van der Waals surface area contributed by atoms with Crippen LogP contribution in [0.1, 0.15) is 5.56 Å². The van der Waals surface area contributed by atoms with Crippen molar-refractivity contribution in [1.82, 2.24) is 0 Å². The predicted molar refractivity (Wildman–Crippen MR) is 88.6 cm³/mol. The monoisotopic (exact) mass is 395 g/mol. The first-order valence-corrected chi connectivity index (χ1v) is 7.72. The molecule has 0 aliphatic carbocycles. The summed E-state index contributed by atoms with van der Waals surface area (Å²) in [7, 11) is 0. The van der Waals surface area contributed by atoms with Gasteiger partial charge >= 0.3 is 6.09 Å². The van der Waals surface area contributed by atoms with E-state index in [1.165, 1.54) is 0 Å². The van der Waals surface area contributed by atoms with Crippen LogP contribution in [0, 0.1) is 3.57 Å². The van der Waals surface area contributed by atoms with E-state index in [-0.39, 0.29) is 12.7 Å². The number of hydrogen-bond donors (Lipinski definition) is 0. The molecule has 0 N–H and O–H groups in total. The molecule has 2 aromatic rings. The SMILES string of the molecule is O=C(OCc1ccccc1)N1CCOc2cc(I)ccc21. The van der Waals surface area contributed by atoms with Crippen molar-refractivity contribution >= 4 is 34.4 Å². The smallest absolute Gasteiger partial charge is 0.414 e. The van der Waals surface area contributed by atoms with Gasteiger partial charge in [-0.2, -0.15) is 0 Å². The summed E-state index contributed by atoms with van der Waals surface area (Å²) < 4.78 is 12.1. The minimum atomic E-state index is -0.343. The molecule has 0 saturated heterocycles. The lowest BCUT2D eigenvalue weighted by Crippen LogP contribution is -2.38.